The Balaban J connectivity index is 1.82. The van der Waals surface area contributed by atoms with E-state index in [1.165, 1.54) is 0 Å². The number of hydrogen-bond donors (Lipinski definition) is 1. The summed E-state index contributed by atoms with van der Waals surface area (Å²) in [5, 5.41) is 4.12. The van der Waals surface area contributed by atoms with Gasteiger partial charge < -0.3 is 15.4 Å². The lowest BCUT2D eigenvalue weighted by molar-refractivity contribution is -0.121. The average molecular weight is 258 g/mol. The van der Waals surface area contributed by atoms with Gasteiger partial charge in [0.2, 0.25) is 0 Å². The first-order valence-corrected chi connectivity index (χ1v) is 6.04. The van der Waals surface area contributed by atoms with Crippen LogP contribution >= 0.6 is 0 Å². The van der Waals surface area contributed by atoms with Gasteiger partial charge in [-0.05, 0) is 18.2 Å². The smallest absolute Gasteiger partial charge is 0.265 e. The van der Waals surface area contributed by atoms with Crippen LogP contribution < -0.4 is 15.4 Å². The lowest BCUT2D eigenvalue weighted by Crippen LogP contribution is -2.40. The molecule has 6 nitrogen and oxygen atoms in total. The Morgan fingerprint density at radius 3 is 3.05 bits per heavy atom. The van der Waals surface area contributed by atoms with Gasteiger partial charge in [0, 0.05) is 30.7 Å². The number of nitrogen functional groups attached to an aromatic ring is 1. The van der Waals surface area contributed by atoms with Gasteiger partial charge in [-0.1, -0.05) is 0 Å². The lowest BCUT2D eigenvalue weighted by atomic mass is 10.2. The van der Waals surface area contributed by atoms with Crippen molar-refractivity contribution in [3.8, 4) is 5.75 Å². The number of carbonyl (C=O) groups excluding carboxylic acids is 1. The Morgan fingerprint density at radius 1 is 1.37 bits per heavy atom. The summed E-state index contributed by atoms with van der Waals surface area (Å²) in [5.41, 5.74) is 7.10. The summed E-state index contributed by atoms with van der Waals surface area (Å²) in [6.07, 6.45) is 3.59. The van der Waals surface area contributed by atoms with Crippen LogP contribution in [-0.2, 0) is 11.3 Å². The van der Waals surface area contributed by atoms with Crippen LogP contribution in [0.2, 0.25) is 0 Å². The predicted molar refractivity (Wildman–Crippen MR) is 70.9 cm³/mol. The Bertz CT molecular complexity index is 595. The molecule has 0 fully saturated rings. The molecule has 0 radical (unpaired) electrons. The van der Waals surface area contributed by atoms with Crippen LogP contribution in [0.5, 0.6) is 5.75 Å². The van der Waals surface area contributed by atoms with E-state index in [4.69, 9.17) is 10.5 Å². The minimum atomic E-state index is -0.0515. The third kappa shape index (κ3) is 2.24. The molecule has 6 heteroatoms. The SMILES string of the molecule is Nc1ccc2c(c1)OCC(=O)N2CCn1cccn1. The number of benzene rings is 1. The maximum absolute atomic E-state index is 11.9. The number of rotatable bonds is 3. The number of nitrogens with two attached hydrogens (primary N) is 1. The van der Waals surface area contributed by atoms with E-state index in [0.717, 1.165) is 5.69 Å². The molecule has 1 amide bonds. The molecule has 1 aliphatic rings. The molecule has 1 aromatic carbocycles. The highest BCUT2D eigenvalue weighted by molar-refractivity contribution is 5.98. The zero-order valence-electron chi connectivity index (χ0n) is 10.3. The van der Waals surface area contributed by atoms with Gasteiger partial charge in [0.15, 0.2) is 6.61 Å². The van der Waals surface area contributed by atoms with Crippen molar-refractivity contribution >= 4 is 17.3 Å². The zero-order chi connectivity index (χ0) is 13.2. The molecule has 0 spiro atoms. The number of amides is 1. The molecule has 2 aromatic rings. The summed E-state index contributed by atoms with van der Waals surface area (Å²) in [6, 6.07) is 7.17. The number of nitrogens with zero attached hydrogens (tertiary/aromatic N) is 3. The molecular formula is C13H14N4O2. The summed E-state index contributed by atoms with van der Waals surface area (Å²) >= 11 is 0. The maximum Gasteiger partial charge on any atom is 0.265 e. The lowest BCUT2D eigenvalue weighted by Gasteiger charge is -2.29. The van der Waals surface area contributed by atoms with Crippen LogP contribution in [0.15, 0.2) is 36.7 Å². The molecule has 0 unspecified atom stereocenters. The number of anilines is 2. The van der Waals surface area contributed by atoms with Gasteiger partial charge in [-0.15, -0.1) is 0 Å². The van der Waals surface area contributed by atoms with E-state index in [0.29, 0.717) is 24.5 Å². The van der Waals surface area contributed by atoms with E-state index < -0.39 is 0 Å². The van der Waals surface area contributed by atoms with E-state index in [-0.39, 0.29) is 12.5 Å². The number of aromatic nitrogens is 2. The second-order valence-corrected chi connectivity index (χ2v) is 4.33. The fourth-order valence-electron chi connectivity index (χ4n) is 2.10. The first kappa shape index (κ1) is 11.6. The van der Waals surface area contributed by atoms with E-state index >= 15 is 0 Å². The minimum absolute atomic E-state index is 0.0512. The predicted octanol–water partition coefficient (Wildman–Crippen LogP) is 0.891. The molecule has 2 N–H and O–H groups in total. The van der Waals surface area contributed by atoms with Gasteiger partial charge in [0.05, 0.1) is 12.2 Å². The van der Waals surface area contributed by atoms with Gasteiger partial charge in [0.1, 0.15) is 5.75 Å². The number of fused-ring (bicyclic) bond motifs is 1. The van der Waals surface area contributed by atoms with Crippen LogP contribution in [0.4, 0.5) is 11.4 Å². The summed E-state index contributed by atoms with van der Waals surface area (Å²) in [7, 11) is 0. The normalized spacial score (nSPS) is 14.1. The fourth-order valence-corrected chi connectivity index (χ4v) is 2.10. The molecule has 0 atom stereocenters. The Labute approximate surface area is 110 Å². The molecule has 0 bridgehead atoms. The van der Waals surface area contributed by atoms with E-state index in [9.17, 15) is 4.79 Å². The van der Waals surface area contributed by atoms with Crippen molar-refractivity contribution in [2.45, 2.75) is 6.54 Å². The molecule has 3 rings (SSSR count). The van der Waals surface area contributed by atoms with Crippen molar-refractivity contribution in [1.82, 2.24) is 9.78 Å². The van der Waals surface area contributed by atoms with Gasteiger partial charge in [-0.2, -0.15) is 5.10 Å². The van der Waals surface area contributed by atoms with Crippen molar-refractivity contribution < 1.29 is 9.53 Å². The molecule has 0 saturated heterocycles. The summed E-state index contributed by atoms with van der Waals surface area (Å²) < 4.78 is 7.18. The first-order valence-electron chi connectivity index (χ1n) is 6.04. The quantitative estimate of drug-likeness (QED) is 0.830. The Morgan fingerprint density at radius 2 is 2.26 bits per heavy atom. The molecule has 1 aromatic heterocycles. The minimum Gasteiger partial charge on any atom is -0.481 e. The topological polar surface area (TPSA) is 73.4 Å². The second-order valence-electron chi connectivity index (χ2n) is 4.33. The largest absolute Gasteiger partial charge is 0.481 e. The average Bonchev–Trinajstić information content (AvgIpc) is 2.91. The first-order chi connectivity index (χ1) is 9.24. The van der Waals surface area contributed by atoms with Crippen LogP contribution in [-0.4, -0.2) is 28.8 Å². The molecule has 98 valence electrons. The van der Waals surface area contributed by atoms with Gasteiger partial charge in [-0.25, -0.2) is 0 Å². The number of carbonyl (C=O) groups is 1. The van der Waals surface area contributed by atoms with Gasteiger partial charge in [-0.3, -0.25) is 9.48 Å². The number of ether oxygens (including phenoxy) is 1. The fraction of sp³-hybridized carbons (Fsp3) is 0.231. The van der Waals surface area contributed by atoms with Crippen LogP contribution in [0.3, 0.4) is 0 Å². The van der Waals surface area contributed by atoms with Crippen molar-refractivity contribution in [3.05, 3.63) is 36.7 Å². The molecular weight excluding hydrogens is 244 g/mol. The van der Waals surface area contributed by atoms with Crippen molar-refractivity contribution in [2.75, 3.05) is 23.8 Å². The highest BCUT2D eigenvalue weighted by atomic mass is 16.5. The Hall–Kier alpha value is -2.50. The van der Waals surface area contributed by atoms with Crippen molar-refractivity contribution in [1.29, 1.82) is 0 Å². The van der Waals surface area contributed by atoms with E-state index in [1.807, 2.05) is 18.3 Å². The molecule has 1 aliphatic heterocycles. The second kappa shape index (κ2) is 4.64. The van der Waals surface area contributed by atoms with Crippen molar-refractivity contribution in [2.24, 2.45) is 0 Å². The third-order valence-electron chi connectivity index (χ3n) is 3.04. The third-order valence-corrected chi connectivity index (χ3v) is 3.04. The molecule has 2 heterocycles. The highest BCUT2D eigenvalue weighted by Crippen LogP contribution is 2.33. The van der Waals surface area contributed by atoms with Gasteiger partial charge >= 0.3 is 0 Å². The molecule has 0 aliphatic carbocycles. The highest BCUT2D eigenvalue weighted by Gasteiger charge is 2.25. The Kier molecular flexibility index (Phi) is 2.83. The molecule has 0 saturated carbocycles. The van der Waals surface area contributed by atoms with Crippen LogP contribution in [0, 0.1) is 0 Å². The van der Waals surface area contributed by atoms with Crippen molar-refractivity contribution in [3.63, 3.8) is 0 Å². The standard InChI is InChI=1S/C13H14N4O2/c14-10-2-3-11-12(8-10)19-9-13(18)17(11)7-6-16-5-1-4-15-16/h1-5,8H,6-7,9,14H2. The maximum atomic E-state index is 11.9. The summed E-state index contributed by atoms with van der Waals surface area (Å²) in [6.45, 7) is 1.25. The summed E-state index contributed by atoms with van der Waals surface area (Å²) in [4.78, 5) is 13.6. The molecule has 19 heavy (non-hydrogen) atoms. The van der Waals surface area contributed by atoms with E-state index in [1.54, 1.807) is 27.9 Å². The zero-order valence-corrected chi connectivity index (χ0v) is 10.3. The van der Waals surface area contributed by atoms with Crippen LogP contribution in [0.25, 0.3) is 0 Å². The monoisotopic (exact) mass is 258 g/mol. The van der Waals surface area contributed by atoms with Gasteiger partial charge in [0.25, 0.3) is 5.91 Å². The van der Waals surface area contributed by atoms with Crippen LogP contribution in [0.1, 0.15) is 0 Å². The van der Waals surface area contributed by atoms with E-state index in [2.05, 4.69) is 5.10 Å². The summed E-state index contributed by atoms with van der Waals surface area (Å²) in [5.74, 6) is 0.601. The number of hydrogen-bond acceptors (Lipinski definition) is 4.